The van der Waals surface area contributed by atoms with Crippen LogP contribution in [-0.4, -0.2) is 16.5 Å². The van der Waals surface area contributed by atoms with E-state index in [0.717, 1.165) is 5.56 Å². The van der Waals surface area contributed by atoms with Gasteiger partial charge >= 0.3 is 6.09 Å². The minimum atomic E-state index is -0.743. The first-order valence-electron chi connectivity index (χ1n) is 6.55. The fraction of sp³-hybridized carbons (Fsp3) is 0.133. The van der Waals surface area contributed by atoms with E-state index in [1.54, 1.807) is 24.3 Å². The van der Waals surface area contributed by atoms with Crippen LogP contribution in [0, 0.1) is 10.1 Å². The number of halogens is 2. The third-order valence-corrected chi connectivity index (χ3v) is 3.38. The molecular weight excluding hydrogens is 343 g/mol. The van der Waals surface area contributed by atoms with E-state index in [-0.39, 0.29) is 11.4 Å². The highest BCUT2D eigenvalue weighted by molar-refractivity contribution is 6.30. The van der Waals surface area contributed by atoms with Gasteiger partial charge < -0.3 is 10.1 Å². The van der Waals surface area contributed by atoms with Crippen molar-refractivity contribution in [3.8, 4) is 5.75 Å². The Hall–Kier alpha value is -2.31. The average Bonchev–Trinajstić information content (AvgIpc) is 2.50. The van der Waals surface area contributed by atoms with Crippen LogP contribution < -0.4 is 10.1 Å². The molecule has 0 fully saturated rings. The smallest absolute Gasteiger partial charge is 0.410 e. The van der Waals surface area contributed by atoms with Crippen LogP contribution >= 0.6 is 23.2 Å². The molecule has 0 aliphatic heterocycles. The van der Waals surface area contributed by atoms with Crippen LogP contribution in [0.1, 0.15) is 5.56 Å². The number of rotatable bonds is 5. The summed E-state index contributed by atoms with van der Waals surface area (Å²) in [6, 6.07) is 12.2. The third kappa shape index (κ3) is 5.43. The first-order valence-corrected chi connectivity index (χ1v) is 7.37. The van der Waals surface area contributed by atoms with E-state index in [4.69, 9.17) is 27.9 Å². The SMILES string of the molecule is O=C(NC(Cl)Cc1ccc(Cl)cc1)Oc1ccc([N+](=O)[O-])cc1. The molecule has 1 N–H and O–H groups in total. The van der Waals surface area contributed by atoms with Crippen LogP contribution in [0.15, 0.2) is 48.5 Å². The minimum absolute atomic E-state index is 0.0873. The molecule has 0 heterocycles. The van der Waals surface area contributed by atoms with Gasteiger partial charge in [0.2, 0.25) is 0 Å². The number of hydrogen-bond donors (Lipinski definition) is 1. The Morgan fingerprint density at radius 3 is 2.35 bits per heavy atom. The van der Waals surface area contributed by atoms with Crippen molar-refractivity contribution in [2.75, 3.05) is 0 Å². The van der Waals surface area contributed by atoms with Gasteiger partial charge in [-0.1, -0.05) is 35.3 Å². The molecule has 2 rings (SSSR count). The topological polar surface area (TPSA) is 81.5 Å². The van der Waals surface area contributed by atoms with Crippen LogP contribution in [0.25, 0.3) is 0 Å². The predicted molar refractivity (Wildman–Crippen MR) is 87.1 cm³/mol. The zero-order chi connectivity index (χ0) is 16.8. The van der Waals surface area contributed by atoms with Crippen LogP contribution in [0.2, 0.25) is 5.02 Å². The lowest BCUT2D eigenvalue weighted by molar-refractivity contribution is -0.384. The summed E-state index contributed by atoms with van der Waals surface area (Å²) in [5.74, 6) is 0.184. The monoisotopic (exact) mass is 354 g/mol. The molecule has 8 heteroatoms. The van der Waals surface area contributed by atoms with E-state index in [1.807, 2.05) is 0 Å². The quantitative estimate of drug-likeness (QED) is 0.378. The zero-order valence-corrected chi connectivity index (χ0v) is 13.3. The number of ether oxygens (including phenoxy) is 1. The number of benzene rings is 2. The number of hydrogen-bond acceptors (Lipinski definition) is 4. The summed E-state index contributed by atoms with van der Waals surface area (Å²) in [5.41, 5.74) is 0.155. The lowest BCUT2D eigenvalue weighted by atomic mass is 10.1. The number of amides is 1. The van der Waals surface area contributed by atoms with Gasteiger partial charge in [-0.2, -0.15) is 0 Å². The maximum Gasteiger partial charge on any atom is 0.413 e. The van der Waals surface area contributed by atoms with E-state index < -0.39 is 16.5 Å². The van der Waals surface area contributed by atoms with Crippen molar-refractivity contribution in [2.45, 2.75) is 11.9 Å². The molecule has 2 aromatic rings. The molecule has 0 aliphatic carbocycles. The number of nitrogens with one attached hydrogen (secondary N) is 1. The van der Waals surface area contributed by atoms with Gasteiger partial charge in [-0.3, -0.25) is 10.1 Å². The molecule has 23 heavy (non-hydrogen) atoms. The van der Waals surface area contributed by atoms with E-state index in [1.165, 1.54) is 24.3 Å². The molecule has 0 spiro atoms. The second-order valence-corrected chi connectivity index (χ2v) is 5.55. The lowest BCUT2D eigenvalue weighted by Crippen LogP contribution is -2.34. The Bertz CT molecular complexity index is 690. The van der Waals surface area contributed by atoms with Crippen molar-refractivity contribution in [3.05, 3.63) is 69.2 Å². The molecule has 0 aromatic heterocycles. The van der Waals surface area contributed by atoms with Crippen molar-refractivity contribution in [3.63, 3.8) is 0 Å². The zero-order valence-electron chi connectivity index (χ0n) is 11.7. The molecule has 120 valence electrons. The summed E-state index contributed by atoms with van der Waals surface area (Å²) >= 11 is 11.8. The van der Waals surface area contributed by atoms with Gasteiger partial charge in [0.25, 0.3) is 5.69 Å². The number of nitro benzene ring substituents is 1. The number of carbonyl (C=O) groups is 1. The lowest BCUT2D eigenvalue weighted by Gasteiger charge is -2.12. The Morgan fingerprint density at radius 1 is 1.17 bits per heavy atom. The van der Waals surface area contributed by atoms with E-state index in [2.05, 4.69) is 5.32 Å². The van der Waals surface area contributed by atoms with Gasteiger partial charge in [0, 0.05) is 23.6 Å². The first-order chi connectivity index (χ1) is 10.9. The fourth-order valence-corrected chi connectivity index (χ4v) is 2.17. The summed E-state index contributed by atoms with van der Waals surface area (Å²) in [4.78, 5) is 21.7. The molecule has 1 unspecified atom stereocenters. The van der Waals surface area contributed by atoms with Crippen molar-refractivity contribution < 1.29 is 14.5 Å². The third-order valence-electron chi connectivity index (χ3n) is 2.86. The van der Waals surface area contributed by atoms with Crippen molar-refractivity contribution in [2.24, 2.45) is 0 Å². The second-order valence-electron chi connectivity index (χ2n) is 4.58. The molecule has 0 saturated carbocycles. The summed E-state index contributed by atoms with van der Waals surface area (Å²) < 4.78 is 5.00. The largest absolute Gasteiger partial charge is 0.413 e. The van der Waals surface area contributed by atoms with Crippen molar-refractivity contribution >= 4 is 35.0 Å². The number of non-ortho nitro benzene ring substituents is 1. The Balaban J connectivity index is 1.86. The summed E-state index contributed by atoms with van der Waals surface area (Å²) in [6.07, 6.45) is -0.346. The fourth-order valence-electron chi connectivity index (χ4n) is 1.78. The molecule has 0 bridgehead atoms. The highest BCUT2D eigenvalue weighted by atomic mass is 35.5. The average molecular weight is 355 g/mol. The maximum absolute atomic E-state index is 11.7. The number of alkyl halides is 1. The Labute approximate surface area is 142 Å². The molecule has 6 nitrogen and oxygen atoms in total. The van der Waals surface area contributed by atoms with Gasteiger partial charge in [0.1, 0.15) is 11.3 Å². The highest BCUT2D eigenvalue weighted by Crippen LogP contribution is 2.17. The van der Waals surface area contributed by atoms with Gasteiger partial charge in [0.05, 0.1) is 4.92 Å². The molecule has 0 aliphatic rings. The van der Waals surface area contributed by atoms with E-state index in [9.17, 15) is 14.9 Å². The second kappa shape index (κ2) is 7.80. The number of nitrogens with zero attached hydrogens (tertiary/aromatic N) is 1. The van der Waals surface area contributed by atoms with Gasteiger partial charge in [-0.25, -0.2) is 4.79 Å². The standard InChI is InChI=1S/C15H12Cl2N2O4/c16-11-3-1-10(2-4-11)9-14(17)18-15(20)23-13-7-5-12(6-8-13)19(21)22/h1-8,14H,9H2,(H,18,20). The molecule has 0 radical (unpaired) electrons. The summed E-state index contributed by atoms with van der Waals surface area (Å²) in [5, 5.41) is 13.6. The molecule has 0 saturated heterocycles. The van der Waals surface area contributed by atoms with Crippen LogP contribution in [-0.2, 0) is 6.42 Å². The normalized spacial score (nSPS) is 11.6. The number of nitro groups is 1. The summed E-state index contributed by atoms with van der Waals surface area (Å²) in [7, 11) is 0. The van der Waals surface area contributed by atoms with Crippen LogP contribution in [0.4, 0.5) is 10.5 Å². The minimum Gasteiger partial charge on any atom is -0.410 e. The molecule has 2 aromatic carbocycles. The summed E-state index contributed by atoms with van der Waals surface area (Å²) in [6.45, 7) is 0. The molecular formula is C15H12Cl2N2O4. The van der Waals surface area contributed by atoms with Crippen LogP contribution in [0.3, 0.4) is 0 Å². The predicted octanol–water partition coefficient (Wildman–Crippen LogP) is 4.14. The van der Waals surface area contributed by atoms with Gasteiger partial charge in [-0.15, -0.1) is 0 Å². The van der Waals surface area contributed by atoms with Crippen LogP contribution in [0.5, 0.6) is 5.75 Å². The molecule has 1 atom stereocenters. The van der Waals surface area contributed by atoms with E-state index >= 15 is 0 Å². The Kier molecular flexibility index (Phi) is 5.78. The van der Waals surface area contributed by atoms with Crippen molar-refractivity contribution in [1.82, 2.24) is 5.32 Å². The first kappa shape index (κ1) is 17.1. The maximum atomic E-state index is 11.7. The highest BCUT2D eigenvalue weighted by Gasteiger charge is 2.13. The van der Waals surface area contributed by atoms with Gasteiger partial charge in [-0.05, 0) is 29.8 Å². The van der Waals surface area contributed by atoms with Crippen molar-refractivity contribution in [1.29, 1.82) is 0 Å². The van der Waals surface area contributed by atoms with Gasteiger partial charge in [0.15, 0.2) is 0 Å². The number of carbonyl (C=O) groups excluding carboxylic acids is 1. The van der Waals surface area contributed by atoms with E-state index in [0.29, 0.717) is 11.4 Å². The Morgan fingerprint density at radius 2 is 1.78 bits per heavy atom. The molecule has 1 amide bonds.